The SMILES string of the molecule is C=C(CN(CCC)C(=O)CNC(=O)OC)N/C(=C\C)c1ccc(-c2ccc(-c3cnc(CN(CCC)C(=O)CNC(=O)OCC)[nH]3)c3cccnc23)c(C)c1/C=C\C=C(C)C.CCC.CCC. The third-order valence-electron chi connectivity index (χ3n) is 9.72. The Kier molecular flexibility index (Phi) is 25.7. The van der Waals surface area contributed by atoms with E-state index in [1.165, 1.54) is 20.0 Å². The molecule has 2 heterocycles. The zero-order valence-electron chi connectivity index (χ0n) is 42.2. The number of hydrogen-bond acceptors (Lipinski definition) is 9. The Bertz CT molecular complexity index is 2320. The highest BCUT2D eigenvalue weighted by Crippen LogP contribution is 2.38. The van der Waals surface area contributed by atoms with E-state index in [1.807, 2.05) is 45.1 Å². The first-order valence-corrected chi connectivity index (χ1v) is 23.4. The van der Waals surface area contributed by atoms with Crippen LogP contribution >= 0.6 is 0 Å². The van der Waals surface area contributed by atoms with E-state index in [1.54, 1.807) is 29.1 Å². The minimum atomic E-state index is -0.665. The third-order valence-corrected chi connectivity index (χ3v) is 9.72. The normalized spacial score (nSPS) is 10.8. The second-order valence-corrected chi connectivity index (χ2v) is 16.0. The van der Waals surface area contributed by atoms with Gasteiger partial charge in [-0.2, -0.15) is 0 Å². The maximum absolute atomic E-state index is 13.0. The van der Waals surface area contributed by atoms with Gasteiger partial charge < -0.3 is 40.2 Å². The number of aromatic nitrogens is 3. The number of amides is 4. The van der Waals surface area contributed by atoms with Gasteiger partial charge in [0.25, 0.3) is 0 Å². The summed E-state index contributed by atoms with van der Waals surface area (Å²) in [6.45, 7) is 28.0. The van der Waals surface area contributed by atoms with E-state index < -0.39 is 12.2 Å². The van der Waals surface area contributed by atoms with E-state index in [-0.39, 0.29) is 44.6 Å². The van der Waals surface area contributed by atoms with Gasteiger partial charge in [0.2, 0.25) is 11.8 Å². The molecule has 0 radical (unpaired) electrons. The lowest BCUT2D eigenvalue weighted by Crippen LogP contribution is -2.42. The number of carbonyl (C=O) groups excluding carboxylic acids is 4. The molecule has 0 unspecified atom stereocenters. The van der Waals surface area contributed by atoms with Gasteiger partial charge in [-0.3, -0.25) is 14.6 Å². The van der Waals surface area contributed by atoms with Crippen LogP contribution in [-0.2, 0) is 25.6 Å². The van der Waals surface area contributed by atoms with Crippen LogP contribution in [0, 0.1) is 6.92 Å². The molecular formula is C53H76N8O6. The van der Waals surface area contributed by atoms with Crippen LogP contribution in [0.2, 0.25) is 0 Å². The predicted octanol–water partition coefficient (Wildman–Crippen LogP) is 11.0. The number of hydrogen-bond donors (Lipinski definition) is 4. The van der Waals surface area contributed by atoms with Crippen molar-refractivity contribution in [2.75, 3.05) is 46.4 Å². The lowest BCUT2D eigenvalue weighted by molar-refractivity contribution is -0.131. The fourth-order valence-corrected chi connectivity index (χ4v) is 6.84. The van der Waals surface area contributed by atoms with Crippen molar-refractivity contribution in [3.05, 3.63) is 107 Å². The number of imidazole rings is 1. The van der Waals surface area contributed by atoms with Crippen LogP contribution in [0.5, 0.6) is 0 Å². The largest absolute Gasteiger partial charge is 0.453 e. The number of aromatic amines is 1. The summed E-state index contributed by atoms with van der Waals surface area (Å²) in [6, 6.07) is 12.3. The first-order chi connectivity index (χ1) is 32.2. The number of nitrogens with zero attached hydrogens (tertiary/aromatic N) is 4. The van der Waals surface area contributed by atoms with Crippen LogP contribution in [0.3, 0.4) is 0 Å². The Hall–Kier alpha value is -6.70. The number of rotatable bonds is 20. The molecule has 0 aliphatic rings. The molecule has 0 aliphatic carbocycles. The van der Waals surface area contributed by atoms with Crippen molar-refractivity contribution in [3.63, 3.8) is 0 Å². The summed E-state index contributed by atoms with van der Waals surface area (Å²) in [6.07, 6.45) is 14.4. The number of nitrogens with one attached hydrogen (secondary N) is 4. The van der Waals surface area contributed by atoms with E-state index in [0.717, 1.165) is 74.1 Å². The number of pyridine rings is 1. The number of methoxy groups -OCH3 is 1. The molecule has 4 amide bonds. The number of carbonyl (C=O) groups is 4. The summed E-state index contributed by atoms with van der Waals surface area (Å²) < 4.78 is 9.52. The molecule has 0 bridgehead atoms. The van der Waals surface area contributed by atoms with Gasteiger partial charge in [-0.25, -0.2) is 14.6 Å². The van der Waals surface area contributed by atoms with Gasteiger partial charge in [0.1, 0.15) is 18.9 Å². The maximum Gasteiger partial charge on any atom is 0.407 e. The number of H-pyrrole nitrogens is 1. The van der Waals surface area contributed by atoms with E-state index in [0.29, 0.717) is 24.6 Å². The lowest BCUT2D eigenvalue weighted by atomic mass is 9.89. The summed E-state index contributed by atoms with van der Waals surface area (Å²) >= 11 is 0. The second kappa shape index (κ2) is 30.5. The Balaban J connectivity index is 0.00000243. The van der Waals surface area contributed by atoms with Crippen molar-refractivity contribution in [1.29, 1.82) is 0 Å². The van der Waals surface area contributed by atoms with Gasteiger partial charge in [0, 0.05) is 52.8 Å². The summed E-state index contributed by atoms with van der Waals surface area (Å²) in [5.41, 5.74) is 10.1. The zero-order chi connectivity index (χ0) is 49.9. The number of alkyl carbamates (subject to hydrolysis) is 2. The molecule has 4 aromatic rings. The molecule has 0 saturated heterocycles. The highest BCUT2D eigenvalue weighted by Gasteiger charge is 2.21. The first-order valence-electron chi connectivity index (χ1n) is 23.4. The van der Waals surface area contributed by atoms with Crippen LogP contribution in [0.15, 0.2) is 84.9 Å². The predicted molar refractivity (Wildman–Crippen MR) is 274 cm³/mol. The second-order valence-electron chi connectivity index (χ2n) is 16.0. The van der Waals surface area contributed by atoms with Crippen molar-refractivity contribution in [2.24, 2.45) is 0 Å². The molecule has 0 spiro atoms. The number of ether oxygens (including phenoxy) is 2. The standard InChI is InChI=1S/C47H60N8O6.2C3H8/c1-10-24-54(43(56)27-50-46(58)60-9)29-32(7)52-40(12-3)36-20-19-35(33(8)34(36)17-14-16-31(5)6)39-22-21-37(38-18-15-23-48-45(38)39)41-26-49-42(53-41)30-55(25-11-2)44(57)28-51-47(59)61-13-4;2*1-3-2/h12,14-23,26,52H,7,10-11,13,24-25,27-30H2,1-6,8-9H3,(H,49,53)(H,50,58)(H,51,59);2*3H2,1-2H3/b17-14-,40-12-;;. The van der Waals surface area contributed by atoms with Gasteiger partial charge in [0.05, 0.1) is 44.2 Å². The fraction of sp³-hybridized carbons (Fsp3) is 0.434. The molecule has 14 nitrogen and oxygen atoms in total. The Labute approximate surface area is 399 Å². The Morgan fingerprint density at radius 3 is 2.04 bits per heavy atom. The minimum Gasteiger partial charge on any atom is -0.453 e. The fourth-order valence-electron chi connectivity index (χ4n) is 6.84. The molecule has 364 valence electrons. The monoisotopic (exact) mass is 921 g/mol. The first kappa shape index (κ1) is 56.4. The average Bonchev–Trinajstić information content (AvgIpc) is 3.77. The molecular weight excluding hydrogens is 845 g/mol. The molecule has 2 aromatic heterocycles. The van der Waals surface area contributed by atoms with Gasteiger partial charge >= 0.3 is 12.2 Å². The van der Waals surface area contributed by atoms with Crippen molar-refractivity contribution in [3.8, 4) is 22.4 Å². The van der Waals surface area contributed by atoms with Crippen LogP contribution < -0.4 is 16.0 Å². The molecule has 0 atom stereocenters. The molecule has 0 aliphatic heterocycles. The van der Waals surface area contributed by atoms with Crippen molar-refractivity contribution in [2.45, 2.75) is 108 Å². The molecule has 14 heteroatoms. The quantitative estimate of drug-likeness (QED) is 0.0630. The zero-order valence-corrected chi connectivity index (χ0v) is 42.2. The highest BCUT2D eigenvalue weighted by atomic mass is 16.5. The minimum absolute atomic E-state index is 0.169. The smallest absolute Gasteiger partial charge is 0.407 e. The summed E-state index contributed by atoms with van der Waals surface area (Å²) in [5.74, 6) is 0.141. The molecule has 0 fully saturated rings. The molecule has 4 rings (SSSR count). The van der Waals surface area contributed by atoms with E-state index in [9.17, 15) is 19.2 Å². The van der Waals surface area contributed by atoms with Gasteiger partial charge in [-0.15, -0.1) is 0 Å². The summed E-state index contributed by atoms with van der Waals surface area (Å²) in [4.78, 5) is 65.7. The van der Waals surface area contributed by atoms with Crippen LogP contribution in [0.1, 0.15) is 117 Å². The van der Waals surface area contributed by atoms with Crippen molar-refractivity contribution >= 4 is 46.7 Å². The summed E-state index contributed by atoms with van der Waals surface area (Å²) in [7, 11) is 1.26. The van der Waals surface area contributed by atoms with E-state index in [2.05, 4.69) is 122 Å². The van der Waals surface area contributed by atoms with E-state index >= 15 is 0 Å². The number of allylic oxidation sites excluding steroid dienone is 4. The van der Waals surface area contributed by atoms with Gasteiger partial charge in [-0.1, -0.05) is 121 Å². The summed E-state index contributed by atoms with van der Waals surface area (Å²) in [5, 5.41) is 9.38. The van der Waals surface area contributed by atoms with Gasteiger partial charge in [-0.05, 0) is 70.2 Å². The van der Waals surface area contributed by atoms with Crippen LogP contribution in [0.25, 0.3) is 45.1 Å². The maximum atomic E-state index is 13.0. The lowest BCUT2D eigenvalue weighted by Gasteiger charge is -2.25. The van der Waals surface area contributed by atoms with Crippen molar-refractivity contribution < 1.29 is 28.7 Å². The van der Waals surface area contributed by atoms with E-state index in [4.69, 9.17) is 9.72 Å². The van der Waals surface area contributed by atoms with Crippen molar-refractivity contribution in [1.82, 2.24) is 40.7 Å². The topological polar surface area (TPSA) is 171 Å². The number of benzene rings is 2. The third kappa shape index (κ3) is 17.9. The average molecular weight is 921 g/mol. The van der Waals surface area contributed by atoms with Gasteiger partial charge in [0.15, 0.2) is 0 Å². The molecule has 67 heavy (non-hydrogen) atoms. The van der Waals surface area contributed by atoms with Crippen LogP contribution in [0.4, 0.5) is 9.59 Å². The molecule has 4 N–H and O–H groups in total. The number of fused-ring (bicyclic) bond motifs is 1. The Morgan fingerprint density at radius 1 is 0.821 bits per heavy atom. The van der Waals surface area contributed by atoms with Crippen LogP contribution in [-0.4, -0.2) is 95.2 Å². The Morgan fingerprint density at radius 2 is 1.43 bits per heavy atom. The molecule has 0 saturated carbocycles. The highest BCUT2D eigenvalue weighted by molar-refractivity contribution is 6.03. The molecule has 2 aromatic carbocycles.